The van der Waals surface area contributed by atoms with Crippen LogP contribution < -0.4 is 5.73 Å². The molecule has 2 aliphatic rings. The van der Waals surface area contributed by atoms with E-state index in [0.29, 0.717) is 16.7 Å². The zero-order valence-electron chi connectivity index (χ0n) is 9.64. The number of carbonyl (C=O) groups is 1. The molecule has 2 rings (SSSR count). The molecule has 0 aromatic heterocycles. The topological polar surface area (TPSA) is 78.9 Å². The van der Waals surface area contributed by atoms with Crippen LogP contribution in [-0.2, 0) is 4.79 Å². The van der Waals surface area contributed by atoms with Gasteiger partial charge in [0.15, 0.2) is 5.54 Å². The molecule has 0 aliphatic carbocycles. The fraction of sp³-hybridized carbons (Fsp3) is 0.455. The lowest BCUT2D eigenvalue weighted by atomic mass is 9.87. The Morgan fingerprint density at radius 1 is 1.65 bits per heavy atom. The first-order valence-corrected chi connectivity index (χ1v) is 5.70. The summed E-state index contributed by atoms with van der Waals surface area (Å²) in [6.07, 6.45) is 3.32. The lowest BCUT2D eigenvalue weighted by Crippen LogP contribution is -2.47. The minimum Gasteiger partial charge on any atom is -0.479 e. The second-order valence-electron chi connectivity index (χ2n) is 4.51. The third-order valence-electron chi connectivity index (χ3n) is 3.23. The zero-order valence-corrected chi connectivity index (χ0v) is 10.4. The predicted molar refractivity (Wildman–Crippen MR) is 65.6 cm³/mol. The van der Waals surface area contributed by atoms with E-state index in [9.17, 15) is 9.90 Å². The van der Waals surface area contributed by atoms with Crippen molar-refractivity contribution in [2.45, 2.75) is 19.4 Å². The Balaban J connectivity index is 2.46. The third kappa shape index (κ3) is 1.61. The largest absolute Gasteiger partial charge is 0.479 e. The van der Waals surface area contributed by atoms with Crippen molar-refractivity contribution in [1.29, 1.82) is 0 Å². The van der Waals surface area contributed by atoms with Crippen LogP contribution in [-0.4, -0.2) is 33.9 Å². The quantitative estimate of drug-likeness (QED) is 0.775. The molecule has 17 heavy (non-hydrogen) atoms. The predicted octanol–water partition coefficient (Wildman–Crippen LogP) is 1.12. The number of rotatable bonds is 2. The van der Waals surface area contributed by atoms with Crippen molar-refractivity contribution in [1.82, 2.24) is 4.90 Å². The van der Waals surface area contributed by atoms with Crippen molar-refractivity contribution in [3.8, 4) is 0 Å². The Hall–Kier alpha value is -1.49. The average molecular weight is 256 g/mol. The number of hydrogen-bond donors (Lipinski definition) is 2. The number of allylic oxidation sites excluding steroid dienone is 2. The minimum atomic E-state index is -1.15. The molecule has 3 N–H and O–H groups in total. The van der Waals surface area contributed by atoms with Gasteiger partial charge in [-0.2, -0.15) is 0 Å². The summed E-state index contributed by atoms with van der Waals surface area (Å²) in [5, 5.41) is 9.80. The Bertz CT molecular complexity index is 467. The molecular formula is C11H14ClN3O2. The van der Waals surface area contributed by atoms with Gasteiger partial charge in [-0.25, -0.2) is 9.79 Å². The van der Waals surface area contributed by atoms with E-state index in [1.165, 1.54) is 0 Å². The molecule has 0 saturated carbocycles. The number of nitrogens with zero attached hydrogens (tertiary/aromatic N) is 2. The molecule has 1 atom stereocenters. The maximum Gasteiger partial charge on any atom is 0.333 e. The molecule has 6 heteroatoms. The van der Waals surface area contributed by atoms with Gasteiger partial charge in [0.2, 0.25) is 0 Å². The van der Waals surface area contributed by atoms with E-state index in [-0.39, 0.29) is 12.5 Å². The van der Waals surface area contributed by atoms with Gasteiger partial charge in [0.05, 0.1) is 11.6 Å². The highest BCUT2D eigenvalue weighted by Gasteiger charge is 2.49. The highest BCUT2D eigenvalue weighted by molar-refractivity contribution is 6.32. The van der Waals surface area contributed by atoms with Crippen LogP contribution in [0.2, 0.25) is 0 Å². The number of carboxylic acids is 1. The van der Waals surface area contributed by atoms with Gasteiger partial charge in [0, 0.05) is 0 Å². The summed E-state index contributed by atoms with van der Waals surface area (Å²) in [5.74, 6) is -0.149. The molecular weight excluding hydrogens is 242 g/mol. The molecule has 2 aliphatic heterocycles. The number of fused-ring (bicyclic) bond motifs is 1. The molecule has 0 radical (unpaired) electrons. The van der Waals surface area contributed by atoms with E-state index in [2.05, 4.69) is 4.99 Å². The summed E-state index contributed by atoms with van der Waals surface area (Å²) in [6.45, 7) is 3.89. The first kappa shape index (κ1) is 12.0. The van der Waals surface area contributed by atoms with Gasteiger partial charge in [0.25, 0.3) is 0 Å². The second kappa shape index (κ2) is 3.77. The molecule has 0 spiro atoms. The lowest BCUT2D eigenvalue weighted by molar-refractivity contribution is -0.144. The first-order valence-electron chi connectivity index (χ1n) is 5.32. The summed E-state index contributed by atoms with van der Waals surface area (Å²) < 4.78 is 0. The van der Waals surface area contributed by atoms with Crippen LogP contribution in [0.25, 0.3) is 0 Å². The fourth-order valence-corrected chi connectivity index (χ4v) is 2.16. The normalized spacial score (nSPS) is 27.5. The molecule has 0 aromatic carbocycles. The van der Waals surface area contributed by atoms with Crippen LogP contribution >= 0.6 is 11.6 Å². The van der Waals surface area contributed by atoms with Crippen molar-refractivity contribution < 1.29 is 9.90 Å². The van der Waals surface area contributed by atoms with Gasteiger partial charge in [-0.05, 0) is 18.1 Å². The van der Waals surface area contributed by atoms with E-state index < -0.39 is 11.5 Å². The maximum atomic E-state index is 11.4. The van der Waals surface area contributed by atoms with Gasteiger partial charge in [-0.3, -0.25) is 0 Å². The zero-order chi connectivity index (χ0) is 12.8. The molecule has 92 valence electrons. The van der Waals surface area contributed by atoms with E-state index in [1.54, 1.807) is 17.1 Å². The number of halogens is 1. The number of nitrogens with two attached hydrogens (primary N) is 1. The van der Waals surface area contributed by atoms with Crippen LogP contribution in [0.4, 0.5) is 0 Å². The summed E-state index contributed by atoms with van der Waals surface area (Å²) in [5.41, 5.74) is 4.69. The summed E-state index contributed by atoms with van der Waals surface area (Å²) in [7, 11) is 0. The average Bonchev–Trinajstić information content (AvgIpc) is 2.65. The molecule has 0 amide bonds. The van der Waals surface area contributed by atoms with Crippen molar-refractivity contribution in [3.63, 3.8) is 0 Å². The van der Waals surface area contributed by atoms with Crippen molar-refractivity contribution in [2.24, 2.45) is 16.6 Å². The smallest absolute Gasteiger partial charge is 0.333 e. The summed E-state index contributed by atoms with van der Waals surface area (Å²) in [4.78, 5) is 17.4. The lowest BCUT2D eigenvalue weighted by Gasteiger charge is -2.28. The molecule has 0 bridgehead atoms. The van der Waals surface area contributed by atoms with Crippen molar-refractivity contribution in [3.05, 3.63) is 23.0 Å². The maximum absolute atomic E-state index is 11.4. The second-order valence-corrected chi connectivity index (χ2v) is 4.91. The third-order valence-corrected chi connectivity index (χ3v) is 3.55. The van der Waals surface area contributed by atoms with Crippen LogP contribution in [0.5, 0.6) is 0 Å². The Labute approximate surface area is 104 Å². The number of amidine groups is 1. The number of aliphatic carboxylic acids is 1. The molecule has 5 nitrogen and oxygen atoms in total. The Morgan fingerprint density at radius 3 is 2.82 bits per heavy atom. The molecule has 1 unspecified atom stereocenters. The Morgan fingerprint density at radius 2 is 2.29 bits per heavy atom. The van der Waals surface area contributed by atoms with Crippen LogP contribution in [0.1, 0.15) is 13.8 Å². The number of hydrogen-bond acceptors (Lipinski definition) is 4. The van der Waals surface area contributed by atoms with Gasteiger partial charge in [-0.1, -0.05) is 25.4 Å². The SMILES string of the molecule is CC(C)C1(C(=O)O)CN2C(=N1)C=CC(Cl)=C2N. The van der Waals surface area contributed by atoms with Crippen LogP contribution in [0.3, 0.4) is 0 Å². The fourth-order valence-electron chi connectivity index (χ4n) is 1.99. The van der Waals surface area contributed by atoms with E-state index in [4.69, 9.17) is 17.3 Å². The van der Waals surface area contributed by atoms with Crippen LogP contribution in [0, 0.1) is 5.92 Å². The number of aliphatic imine (C=N–C) groups is 1. The standard InChI is InChI=1S/C11H14ClN3O2/c1-6(2)11(10(16)17)5-15-8(14-11)4-3-7(12)9(15)13/h3-4,6H,5,13H2,1-2H3,(H,16,17). The van der Waals surface area contributed by atoms with Gasteiger partial charge in [0.1, 0.15) is 11.7 Å². The summed E-state index contributed by atoms with van der Waals surface area (Å²) >= 11 is 5.91. The molecule has 0 aromatic rings. The molecule has 0 fully saturated rings. The van der Waals surface area contributed by atoms with Crippen LogP contribution in [0.15, 0.2) is 28.0 Å². The number of carboxylic acid groups (broad SMARTS) is 1. The minimum absolute atomic E-state index is 0.127. The van der Waals surface area contributed by atoms with Gasteiger partial charge < -0.3 is 15.7 Å². The Kier molecular flexibility index (Phi) is 2.66. The monoisotopic (exact) mass is 255 g/mol. The van der Waals surface area contributed by atoms with Gasteiger partial charge in [-0.15, -0.1) is 0 Å². The van der Waals surface area contributed by atoms with Gasteiger partial charge >= 0.3 is 5.97 Å². The van der Waals surface area contributed by atoms with E-state index in [0.717, 1.165) is 0 Å². The highest BCUT2D eigenvalue weighted by atomic mass is 35.5. The molecule has 2 heterocycles. The summed E-state index contributed by atoms with van der Waals surface area (Å²) in [6, 6.07) is 0. The van der Waals surface area contributed by atoms with Crippen molar-refractivity contribution >= 4 is 23.4 Å². The van der Waals surface area contributed by atoms with E-state index in [1.807, 2.05) is 13.8 Å². The van der Waals surface area contributed by atoms with E-state index >= 15 is 0 Å². The highest BCUT2D eigenvalue weighted by Crippen LogP contribution is 2.33. The molecule has 0 saturated heterocycles. The first-order chi connectivity index (χ1) is 7.88. The van der Waals surface area contributed by atoms with Crippen molar-refractivity contribution in [2.75, 3.05) is 6.54 Å².